The van der Waals surface area contributed by atoms with Gasteiger partial charge in [-0.25, -0.2) is 0 Å². The zero-order valence-corrected chi connectivity index (χ0v) is 11.5. The number of benzene rings is 1. The zero-order valence-electron chi connectivity index (χ0n) is 11.5. The van der Waals surface area contributed by atoms with Gasteiger partial charge in [-0.1, -0.05) is 12.1 Å². The molecule has 2 rings (SSSR count). The molecule has 4 heteroatoms. The Morgan fingerprint density at radius 1 is 1.42 bits per heavy atom. The van der Waals surface area contributed by atoms with Crippen LogP contribution in [0.4, 0.5) is 0 Å². The fraction of sp³-hybridized carbons (Fsp3) is 0.533. The number of carbonyl (C=O) groups excluding carboxylic acids is 1. The zero-order chi connectivity index (χ0) is 13.7. The van der Waals surface area contributed by atoms with Crippen molar-refractivity contribution in [3.8, 4) is 5.75 Å². The van der Waals surface area contributed by atoms with Gasteiger partial charge in [0.05, 0.1) is 13.5 Å². The minimum Gasteiger partial charge on any atom is -0.497 e. The average molecular weight is 262 g/mol. The van der Waals surface area contributed by atoms with E-state index in [9.17, 15) is 4.79 Å². The van der Waals surface area contributed by atoms with Gasteiger partial charge in [0.1, 0.15) is 5.75 Å². The molecule has 1 fully saturated rings. The first-order valence-corrected chi connectivity index (χ1v) is 6.83. The van der Waals surface area contributed by atoms with E-state index in [-0.39, 0.29) is 5.91 Å². The van der Waals surface area contributed by atoms with Crippen LogP contribution in [0.2, 0.25) is 0 Å². The average Bonchev–Trinajstić information content (AvgIpc) is 2.47. The molecule has 104 valence electrons. The highest BCUT2D eigenvalue weighted by molar-refractivity contribution is 5.79. The topological polar surface area (TPSA) is 55.6 Å². The van der Waals surface area contributed by atoms with Crippen molar-refractivity contribution in [1.82, 2.24) is 4.90 Å². The number of carbonyl (C=O) groups is 1. The Morgan fingerprint density at radius 3 is 2.79 bits per heavy atom. The number of amides is 1. The van der Waals surface area contributed by atoms with Crippen LogP contribution >= 0.6 is 0 Å². The van der Waals surface area contributed by atoms with Gasteiger partial charge in [-0.05, 0) is 43.0 Å². The first-order chi connectivity index (χ1) is 9.22. The summed E-state index contributed by atoms with van der Waals surface area (Å²) in [5.74, 6) is 1.58. The molecule has 1 aromatic rings. The number of rotatable bonds is 4. The molecule has 0 spiro atoms. The molecule has 0 atom stereocenters. The standard InChI is InChI=1S/C15H22N2O2/c1-19-14-4-2-3-13(9-14)10-15(18)17-7-5-12(11-16)6-8-17/h2-4,9,12H,5-8,10-11,16H2,1H3. The second-order valence-electron chi connectivity index (χ2n) is 5.09. The molecule has 1 saturated heterocycles. The van der Waals surface area contributed by atoms with Gasteiger partial charge in [-0.2, -0.15) is 0 Å². The summed E-state index contributed by atoms with van der Waals surface area (Å²) in [4.78, 5) is 14.2. The Balaban J connectivity index is 1.90. The summed E-state index contributed by atoms with van der Waals surface area (Å²) >= 11 is 0. The van der Waals surface area contributed by atoms with E-state index in [1.807, 2.05) is 29.2 Å². The highest BCUT2D eigenvalue weighted by Crippen LogP contribution is 2.18. The van der Waals surface area contributed by atoms with Gasteiger partial charge >= 0.3 is 0 Å². The molecule has 1 aromatic carbocycles. The van der Waals surface area contributed by atoms with E-state index in [1.165, 1.54) is 0 Å². The summed E-state index contributed by atoms with van der Waals surface area (Å²) in [5.41, 5.74) is 6.67. The molecule has 19 heavy (non-hydrogen) atoms. The molecule has 2 N–H and O–H groups in total. The van der Waals surface area contributed by atoms with Crippen LogP contribution in [0.25, 0.3) is 0 Å². The molecule has 0 radical (unpaired) electrons. The van der Waals surface area contributed by atoms with Gasteiger partial charge in [0.2, 0.25) is 5.91 Å². The van der Waals surface area contributed by atoms with E-state index >= 15 is 0 Å². The van der Waals surface area contributed by atoms with Crippen molar-refractivity contribution in [2.45, 2.75) is 19.3 Å². The van der Waals surface area contributed by atoms with Crippen LogP contribution < -0.4 is 10.5 Å². The van der Waals surface area contributed by atoms with E-state index in [2.05, 4.69) is 0 Å². The number of ether oxygens (including phenoxy) is 1. The summed E-state index contributed by atoms with van der Waals surface area (Å²) in [5, 5.41) is 0. The number of hydrogen-bond acceptors (Lipinski definition) is 3. The maximum absolute atomic E-state index is 12.2. The van der Waals surface area contributed by atoms with Crippen molar-refractivity contribution in [2.75, 3.05) is 26.7 Å². The van der Waals surface area contributed by atoms with Crippen LogP contribution in [0.1, 0.15) is 18.4 Å². The lowest BCUT2D eigenvalue weighted by Gasteiger charge is -2.31. The van der Waals surface area contributed by atoms with Crippen molar-refractivity contribution in [1.29, 1.82) is 0 Å². The number of likely N-dealkylation sites (tertiary alicyclic amines) is 1. The van der Waals surface area contributed by atoms with Crippen LogP contribution in [0, 0.1) is 5.92 Å². The Bertz CT molecular complexity index is 426. The molecule has 1 aliphatic heterocycles. The van der Waals surface area contributed by atoms with E-state index < -0.39 is 0 Å². The first-order valence-electron chi connectivity index (χ1n) is 6.83. The molecule has 1 heterocycles. The maximum Gasteiger partial charge on any atom is 0.226 e. The van der Waals surface area contributed by atoms with Gasteiger partial charge in [-0.15, -0.1) is 0 Å². The van der Waals surface area contributed by atoms with Crippen molar-refractivity contribution >= 4 is 5.91 Å². The quantitative estimate of drug-likeness (QED) is 0.893. The predicted octanol–water partition coefficient (Wildman–Crippen LogP) is 1.43. The Morgan fingerprint density at radius 2 is 2.16 bits per heavy atom. The Hall–Kier alpha value is -1.55. The summed E-state index contributed by atoms with van der Waals surface area (Å²) in [6.07, 6.45) is 2.51. The number of nitrogens with zero attached hydrogens (tertiary/aromatic N) is 1. The lowest BCUT2D eigenvalue weighted by atomic mass is 9.96. The molecule has 1 aliphatic rings. The molecule has 0 aliphatic carbocycles. The number of methoxy groups -OCH3 is 1. The Labute approximate surface area is 114 Å². The van der Waals surface area contributed by atoms with Crippen LogP contribution in [-0.2, 0) is 11.2 Å². The summed E-state index contributed by atoms with van der Waals surface area (Å²) in [6, 6.07) is 7.69. The summed E-state index contributed by atoms with van der Waals surface area (Å²) < 4.78 is 5.17. The number of piperidine rings is 1. The fourth-order valence-electron chi connectivity index (χ4n) is 2.49. The van der Waals surface area contributed by atoms with Crippen LogP contribution in [-0.4, -0.2) is 37.6 Å². The first kappa shape index (κ1) is 13.9. The molecule has 0 unspecified atom stereocenters. The lowest BCUT2D eigenvalue weighted by Crippen LogP contribution is -2.40. The van der Waals surface area contributed by atoms with Crippen molar-refractivity contribution in [2.24, 2.45) is 11.7 Å². The lowest BCUT2D eigenvalue weighted by molar-refractivity contribution is -0.131. The number of nitrogens with two attached hydrogens (primary N) is 1. The SMILES string of the molecule is COc1cccc(CC(=O)N2CCC(CN)CC2)c1. The minimum absolute atomic E-state index is 0.198. The summed E-state index contributed by atoms with van der Waals surface area (Å²) in [6.45, 7) is 2.41. The maximum atomic E-state index is 12.2. The van der Waals surface area contributed by atoms with Crippen molar-refractivity contribution < 1.29 is 9.53 Å². The van der Waals surface area contributed by atoms with Crippen molar-refractivity contribution in [3.63, 3.8) is 0 Å². The van der Waals surface area contributed by atoms with Gasteiger partial charge in [0.15, 0.2) is 0 Å². The summed E-state index contributed by atoms with van der Waals surface area (Å²) in [7, 11) is 1.64. The molecule has 0 saturated carbocycles. The van der Waals surface area contributed by atoms with E-state index in [0.29, 0.717) is 12.3 Å². The molecule has 1 amide bonds. The largest absolute Gasteiger partial charge is 0.497 e. The van der Waals surface area contributed by atoms with Crippen molar-refractivity contribution in [3.05, 3.63) is 29.8 Å². The third kappa shape index (κ3) is 3.70. The monoisotopic (exact) mass is 262 g/mol. The highest BCUT2D eigenvalue weighted by atomic mass is 16.5. The molecule has 0 bridgehead atoms. The predicted molar refractivity (Wildman–Crippen MR) is 75.1 cm³/mol. The van der Waals surface area contributed by atoms with Gasteiger partial charge in [0.25, 0.3) is 0 Å². The second kappa shape index (κ2) is 6.57. The highest BCUT2D eigenvalue weighted by Gasteiger charge is 2.21. The fourth-order valence-corrected chi connectivity index (χ4v) is 2.49. The van der Waals surface area contributed by atoms with E-state index in [1.54, 1.807) is 7.11 Å². The normalized spacial score (nSPS) is 16.4. The molecule has 0 aromatic heterocycles. The third-order valence-corrected chi connectivity index (χ3v) is 3.79. The molecular weight excluding hydrogens is 240 g/mol. The van der Waals surface area contributed by atoms with Gasteiger partial charge in [0, 0.05) is 13.1 Å². The van der Waals surface area contributed by atoms with Gasteiger partial charge < -0.3 is 15.4 Å². The molecule has 4 nitrogen and oxygen atoms in total. The third-order valence-electron chi connectivity index (χ3n) is 3.79. The van der Waals surface area contributed by atoms with E-state index in [0.717, 1.165) is 43.8 Å². The smallest absolute Gasteiger partial charge is 0.226 e. The minimum atomic E-state index is 0.198. The van der Waals surface area contributed by atoms with Crippen LogP contribution in [0.3, 0.4) is 0 Å². The van der Waals surface area contributed by atoms with Crippen LogP contribution in [0.5, 0.6) is 5.75 Å². The number of hydrogen-bond donors (Lipinski definition) is 1. The van der Waals surface area contributed by atoms with Gasteiger partial charge in [-0.3, -0.25) is 4.79 Å². The Kier molecular flexibility index (Phi) is 4.80. The second-order valence-corrected chi connectivity index (χ2v) is 5.09. The van der Waals surface area contributed by atoms with Crippen LogP contribution in [0.15, 0.2) is 24.3 Å². The van der Waals surface area contributed by atoms with E-state index in [4.69, 9.17) is 10.5 Å². The molecular formula is C15H22N2O2.